The summed E-state index contributed by atoms with van der Waals surface area (Å²) < 4.78 is 26.9. The van der Waals surface area contributed by atoms with E-state index in [9.17, 15) is 8.42 Å². The van der Waals surface area contributed by atoms with Crippen molar-refractivity contribution in [2.45, 2.75) is 31.6 Å². The van der Waals surface area contributed by atoms with Gasteiger partial charge in [0.25, 0.3) is 10.0 Å². The Morgan fingerprint density at radius 1 is 1.21 bits per heavy atom. The quantitative estimate of drug-likeness (QED) is 0.942. The largest absolute Gasteiger partial charge is 0.263 e. The molecule has 1 aromatic carbocycles. The molecular formula is C12H15N3O2S2. The Hall–Kier alpha value is -1.47. The molecule has 0 saturated heterocycles. The van der Waals surface area contributed by atoms with Crippen LogP contribution in [0.1, 0.15) is 30.3 Å². The number of rotatable bonds is 4. The highest BCUT2D eigenvalue weighted by atomic mass is 32.2. The molecule has 0 aliphatic heterocycles. The second-order valence-corrected chi connectivity index (χ2v) is 7.13. The lowest BCUT2D eigenvalue weighted by atomic mass is 10.2. The van der Waals surface area contributed by atoms with Crippen molar-refractivity contribution >= 4 is 26.5 Å². The summed E-state index contributed by atoms with van der Waals surface area (Å²) in [5.74, 6) is 0.231. The molecule has 0 aliphatic rings. The van der Waals surface area contributed by atoms with Crippen LogP contribution in [0.25, 0.3) is 0 Å². The van der Waals surface area contributed by atoms with Crippen LogP contribution in [-0.4, -0.2) is 18.6 Å². The lowest BCUT2D eigenvalue weighted by Gasteiger charge is -2.07. The zero-order valence-corrected chi connectivity index (χ0v) is 12.5. The molecule has 1 heterocycles. The molecule has 0 atom stereocenters. The number of nitrogens with one attached hydrogen (secondary N) is 1. The van der Waals surface area contributed by atoms with Gasteiger partial charge in [0.1, 0.15) is 5.01 Å². The van der Waals surface area contributed by atoms with E-state index in [2.05, 4.69) is 14.9 Å². The van der Waals surface area contributed by atoms with Crippen molar-refractivity contribution in [1.82, 2.24) is 10.2 Å². The van der Waals surface area contributed by atoms with Crippen molar-refractivity contribution in [2.75, 3.05) is 4.72 Å². The number of hydrogen-bond acceptors (Lipinski definition) is 5. The number of nitrogens with zero attached hydrogens (tertiary/aromatic N) is 2. The van der Waals surface area contributed by atoms with E-state index in [4.69, 9.17) is 0 Å². The SMILES string of the molecule is Cc1ccccc1S(=O)(=O)Nc1nnc(C(C)C)s1. The molecule has 0 unspecified atom stereocenters. The van der Waals surface area contributed by atoms with Gasteiger partial charge in [0, 0.05) is 5.92 Å². The van der Waals surface area contributed by atoms with Gasteiger partial charge in [-0.05, 0) is 18.6 Å². The van der Waals surface area contributed by atoms with Crippen LogP contribution < -0.4 is 4.72 Å². The first kappa shape index (κ1) is 14.0. The lowest BCUT2D eigenvalue weighted by molar-refractivity contribution is 0.600. The Balaban J connectivity index is 2.29. The van der Waals surface area contributed by atoms with Crippen molar-refractivity contribution in [3.8, 4) is 0 Å². The van der Waals surface area contributed by atoms with Gasteiger partial charge in [-0.3, -0.25) is 4.72 Å². The first-order valence-corrected chi connectivity index (χ1v) is 8.12. The van der Waals surface area contributed by atoms with Crippen LogP contribution in [0, 0.1) is 6.92 Å². The molecule has 19 heavy (non-hydrogen) atoms. The van der Waals surface area contributed by atoms with E-state index < -0.39 is 10.0 Å². The molecule has 0 bridgehead atoms. The molecule has 5 nitrogen and oxygen atoms in total. The monoisotopic (exact) mass is 297 g/mol. The van der Waals surface area contributed by atoms with Gasteiger partial charge >= 0.3 is 0 Å². The fraction of sp³-hybridized carbons (Fsp3) is 0.333. The molecule has 0 aliphatic carbocycles. The second kappa shape index (κ2) is 5.26. The molecule has 102 valence electrons. The molecule has 0 spiro atoms. The molecular weight excluding hydrogens is 282 g/mol. The molecule has 7 heteroatoms. The summed E-state index contributed by atoms with van der Waals surface area (Å²) >= 11 is 1.26. The summed E-state index contributed by atoms with van der Waals surface area (Å²) in [6, 6.07) is 6.83. The van der Waals surface area contributed by atoms with E-state index in [-0.39, 0.29) is 10.8 Å². The Morgan fingerprint density at radius 3 is 2.47 bits per heavy atom. The summed E-state index contributed by atoms with van der Waals surface area (Å²) in [4.78, 5) is 0.260. The fourth-order valence-corrected chi connectivity index (χ4v) is 3.76. The summed E-state index contributed by atoms with van der Waals surface area (Å²) in [6.45, 7) is 5.73. The van der Waals surface area contributed by atoms with Gasteiger partial charge < -0.3 is 0 Å². The number of hydrogen-bond donors (Lipinski definition) is 1. The summed E-state index contributed by atoms with van der Waals surface area (Å²) in [5, 5.41) is 8.92. The van der Waals surface area contributed by atoms with Crippen LogP contribution >= 0.6 is 11.3 Å². The summed E-state index contributed by atoms with van der Waals surface area (Å²) in [6.07, 6.45) is 0. The maximum atomic E-state index is 12.2. The van der Waals surface area contributed by atoms with E-state index in [1.807, 2.05) is 13.8 Å². The van der Waals surface area contributed by atoms with Gasteiger partial charge in [0.15, 0.2) is 0 Å². The number of aryl methyl sites for hydroxylation is 1. The number of aromatic nitrogens is 2. The maximum Gasteiger partial charge on any atom is 0.263 e. The van der Waals surface area contributed by atoms with E-state index in [0.29, 0.717) is 10.7 Å². The van der Waals surface area contributed by atoms with Crippen molar-refractivity contribution < 1.29 is 8.42 Å². The highest BCUT2D eigenvalue weighted by molar-refractivity contribution is 7.93. The summed E-state index contributed by atoms with van der Waals surface area (Å²) in [7, 11) is -3.60. The zero-order chi connectivity index (χ0) is 14.0. The molecule has 0 fully saturated rings. The van der Waals surface area contributed by atoms with E-state index in [1.165, 1.54) is 11.3 Å². The van der Waals surface area contributed by atoms with Crippen LogP contribution in [0.2, 0.25) is 0 Å². The predicted molar refractivity (Wildman–Crippen MR) is 76.0 cm³/mol. The Morgan fingerprint density at radius 2 is 1.89 bits per heavy atom. The second-order valence-electron chi connectivity index (χ2n) is 4.47. The highest BCUT2D eigenvalue weighted by Crippen LogP contribution is 2.25. The summed E-state index contributed by atoms with van der Waals surface area (Å²) in [5.41, 5.74) is 0.698. The molecule has 1 aromatic heterocycles. The Kier molecular flexibility index (Phi) is 3.86. The number of sulfonamides is 1. The topological polar surface area (TPSA) is 72.0 Å². The van der Waals surface area contributed by atoms with Crippen LogP contribution in [0.4, 0.5) is 5.13 Å². The first-order chi connectivity index (χ1) is 8.90. The van der Waals surface area contributed by atoms with Crippen LogP contribution in [0.3, 0.4) is 0 Å². The van der Waals surface area contributed by atoms with Gasteiger partial charge in [0.05, 0.1) is 4.90 Å². The van der Waals surface area contributed by atoms with Crippen molar-refractivity contribution in [3.63, 3.8) is 0 Å². The smallest absolute Gasteiger partial charge is 0.253 e. The third-order valence-electron chi connectivity index (χ3n) is 2.54. The van der Waals surface area contributed by atoms with Gasteiger partial charge in [-0.2, -0.15) is 0 Å². The average Bonchev–Trinajstić information content (AvgIpc) is 2.77. The standard InChI is InChI=1S/C12H15N3O2S2/c1-8(2)11-13-14-12(18-11)15-19(16,17)10-7-5-4-6-9(10)3/h4-8H,1-3H3,(H,14,15). The van der Waals surface area contributed by atoms with Crippen molar-refractivity contribution in [1.29, 1.82) is 0 Å². The molecule has 2 aromatic rings. The van der Waals surface area contributed by atoms with E-state index >= 15 is 0 Å². The van der Waals surface area contributed by atoms with Gasteiger partial charge in [-0.1, -0.05) is 43.4 Å². The lowest BCUT2D eigenvalue weighted by Crippen LogP contribution is -2.13. The molecule has 0 saturated carbocycles. The minimum Gasteiger partial charge on any atom is -0.253 e. The molecule has 0 radical (unpaired) electrons. The Bertz CT molecular complexity index is 678. The van der Waals surface area contributed by atoms with Crippen LogP contribution in [-0.2, 0) is 10.0 Å². The maximum absolute atomic E-state index is 12.2. The predicted octanol–water partition coefficient (Wildman–Crippen LogP) is 2.77. The van der Waals surface area contributed by atoms with E-state index in [1.54, 1.807) is 31.2 Å². The van der Waals surface area contributed by atoms with Crippen molar-refractivity contribution in [2.24, 2.45) is 0 Å². The molecule has 0 amide bonds. The van der Waals surface area contributed by atoms with Gasteiger partial charge in [-0.15, -0.1) is 10.2 Å². The average molecular weight is 297 g/mol. The Labute approximate surface area is 116 Å². The third kappa shape index (κ3) is 3.10. The zero-order valence-electron chi connectivity index (χ0n) is 10.9. The van der Waals surface area contributed by atoms with E-state index in [0.717, 1.165) is 5.01 Å². The third-order valence-corrected chi connectivity index (χ3v) is 5.31. The molecule has 1 N–H and O–H groups in total. The number of anilines is 1. The number of benzene rings is 1. The minimum atomic E-state index is -3.60. The van der Waals surface area contributed by atoms with Crippen LogP contribution in [0.5, 0.6) is 0 Å². The molecule has 2 rings (SSSR count). The van der Waals surface area contributed by atoms with Crippen molar-refractivity contribution in [3.05, 3.63) is 34.8 Å². The first-order valence-electron chi connectivity index (χ1n) is 5.82. The normalized spacial score (nSPS) is 11.8. The minimum absolute atomic E-state index is 0.231. The van der Waals surface area contributed by atoms with Crippen LogP contribution in [0.15, 0.2) is 29.2 Å². The fourth-order valence-electron chi connectivity index (χ4n) is 1.54. The van der Waals surface area contributed by atoms with Gasteiger partial charge in [0.2, 0.25) is 5.13 Å². The highest BCUT2D eigenvalue weighted by Gasteiger charge is 2.19. The van der Waals surface area contributed by atoms with Gasteiger partial charge in [-0.25, -0.2) is 8.42 Å².